The molecule has 2 aliphatic rings. The fourth-order valence-corrected chi connectivity index (χ4v) is 8.74. The minimum atomic E-state index is 0.0354. The molecule has 0 saturated heterocycles. The van der Waals surface area contributed by atoms with Crippen LogP contribution in [0.15, 0.2) is 151 Å². The molecule has 2 aliphatic carbocycles. The number of aromatic nitrogens is 1. The van der Waals surface area contributed by atoms with E-state index in [1.807, 2.05) is 24.3 Å². The van der Waals surface area contributed by atoms with E-state index in [9.17, 15) is 0 Å². The Bertz CT molecular complexity index is 2330. The Morgan fingerprint density at radius 2 is 1.00 bits per heavy atom. The Morgan fingerprint density at radius 3 is 1.68 bits per heavy atom. The average molecular weight is 645 g/mol. The molecule has 6 aromatic carbocycles. The first-order valence-corrected chi connectivity index (χ1v) is 17.0. The molecule has 7 aromatic rings. The molecule has 0 amide bonds. The standard InChI is InChI=1S/C44H31Cl2N/c45-37-23-9-7-17-31(37)29-19-11-20-33-30(29)25-26-35-39(27-13-3-1-4-14-27)42-36-22-12-21-34(32-18-8-10-24-38(32)46)43(36)47-44(42)40(41(33)35)28-15-5-2-6-16-28/h1-24,39-40,47H,25-26H2. The van der Waals surface area contributed by atoms with Crippen molar-refractivity contribution in [2.75, 3.05) is 0 Å². The van der Waals surface area contributed by atoms with Crippen LogP contribution in [0, 0.1) is 0 Å². The molecular weight excluding hydrogens is 613 g/mol. The summed E-state index contributed by atoms with van der Waals surface area (Å²) in [6.07, 6.45) is 1.94. The molecule has 2 unspecified atom stereocenters. The molecule has 9 rings (SSSR count). The molecule has 226 valence electrons. The second-order valence-corrected chi connectivity index (χ2v) is 13.4. The fraction of sp³-hybridized carbons (Fsp3) is 0.0909. The van der Waals surface area contributed by atoms with E-state index in [4.69, 9.17) is 23.2 Å². The zero-order valence-corrected chi connectivity index (χ0v) is 27.2. The number of halogens is 2. The van der Waals surface area contributed by atoms with E-state index < -0.39 is 0 Å². The molecule has 0 fully saturated rings. The van der Waals surface area contributed by atoms with Crippen LogP contribution in [-0.2, 0) is 6.42 Å². The predicted molar refractivity (Wildman–Crippen MR) is 197 cm³/mol. The number of allylic oxidation sites excluding steroid dienone is 2. The number of nitrogens with one attached hydrogen (secondary N) is 1. The topological polar surface area (TPSA) is 15.8 Å². The lowest BCUT2D eigenvalue weighted by atomic mass is 9.64. The maximum absolute atomic E-state index is 6.84. The van der Waals surface area contributed by atoms with Crippen LogP contribution in [0.4, 0.5) is 0 Å². The number of benzene rings is 6. The van der Waals surface area contributed by atoms with Gasteiger partial charge in [-0.3, -0.25) is 0 Å². The highest BCUT2D eigenvalue weighted by atomic mass is 35.5. The molecule has 0 bridgehead atoms. The van der Waals surface area contributed by atoms with Crippen LogP contribution < -0.4 is 0 Å². The van der Waals surface area contributed by atoms with Gasteiger partial charge in [-0.15, -0.1) is 0 Å². The van der Waals surface area contributed by atoms with Crippen molar-refractivity contribution in [1.29, 1.82) is 0 Å². The van der Waals surface area contributed by atoms with Gasteiger partial charge in [-0.05, 0) is 63.9 Å². The highest BCUT2D eigenvalue weighted by Gasteiger charge is 2.41. The number of aromatic amines is 1. The van der Waals surface area contributed by atoms with Crippen LogP contribution >= 0.6 is 23.2 Å². The maximum Gasteiger partial charge on any atom is 0.0539 e. The van der Waals surface area contributed by atoms with Crippen molar-refractivity contribution in [2.45, 2.75) is 24.7 Å². The fourth-order valence-electron chi connectivity index (χ4n) is 8.26. The van der Waals surface area contributed by atoms with E-state index in [1.165, 1.54) is 55.6 Å². The summed E-state index contributed by atoms with van der Waals surface area (Å²) in [4.78, 5) is 4.06. The number of hydrogen-bond donors (Lipinski definition) is 1. The lowest BCUT2D eigenvalue weighted by Gasteiger charge is -2.39. The van der Waals surface area contributed by atoms with E-state index in [0.717, 1.165) is 45.1 Å². The van der Waals surface area contributed by atoms with Gasteiger partial charge in [0.1, 0.15) is 0 Å². The molecule has 0 spiro atoms. The second kappa shape index (κ2) is 11.5. The van der Waals surface area contributed by atoms with Gasteiger partial charge in [0.15, 0.2) is 0 Å². The lowest BCUT2D eigenvalue weighted by molar-refractivity contribution is 0.760. The molecule has 0 radical (unpaired) electrons. The van der Waals surface area contributed by atoms with Crippen LogP contribution in [0.5, 0.6) is 0 Å². The minimum Gasteiger partial charge on any atom is -0.357 e. The highest BCUT2D eigenvalue weighted by Crippen LogP contribution is 2.58. The van der Waals surface area contributed by atoms with Gasteiger partial charge in [-0.2, -0.15) is 0 Å². The van der Waals surface area contributed by atoms with Crippen molar-refractivity contribution < 1.29 is 0 Å². The molecular formula is C44H31Cl2N. The highest BCUT2D eigenvalue weighted by molar-refractivity contribution is 6.34. The van der Waals surface area contributed by atoms with Gasteiger partial charge in [-0.1, -0.05) is 162 Å². The van der Waals surface area contributed by atoms with Gasteiger partial charge in [0, 0.05) is 49.7 Å². The van der Waals surface area contributed by atoms with E-state index in [1.54, 1.807) is 0 Å². The van der Waals surface area contributed by atoms with Crippen LogP contribution in [0.25, 0.3) is 38.7 Å². The molecule has 1 nitrogen and oxygen atoms in total. The zero-order chi connectivity index (χ0) is 31.5. The van der Waals surface area contributed by atoms with E-state index in [2.05, 4.69) is 126 Å². The lowest BCUT2D eigenvalue weighted by Crippen LogP contribution is -2.24. The maximum atomic E-state index is 6.84. The Morgan fingerprint density at radius 1 is 0.468 bits per heavy atom. The Kier molecular flexibility index (Phi) is 6.92. The Labute approximate surface area is 285 Å². The SMILES string of the molecule is Clc1ccccc1-c1cccc2c1CCC1=C2C(c2ccccc2)c2[nH]c3c(-c4ccccc4Cl)cccc3c2C1c1ccccc1. The van der Waals surface area contributed by atoms with Crippen LogP contribution in [-0.4, -0.2) is 4.98 Å². The molecule has 0 saturated carbocycles. The number of hydrogen-bond acceptors (Lipinski definition) is 0. The summed E-state index contributed by atoms with van der Waals surface area (Å²) in [6, 6.07) is 51.9. The first-order valence-electron chi connectivity index (χ1n) is 16.3. The van der Waals surface area contributed by atoms with Crippen molar-refractivity contribution in [3.63, 3.8) is 0 Å². The van der Waals surface area contributed by atoms with Gasteiger partial charge >= 0.3 is 0 Å². The molecule has 0 aliphatic heterocycles. The molecule has 1 aromatic heterocycles. The van der Waals surface area contributed by atoms with Gasteiger partial charge in [-0.25, -0.2) is 0 Å². The zero-order valence-electron chi connectivity index (χ0n) is 25.7. The largest absolute Gasteiger partial charge is 0.357 e. The average Bonchev–Trinajstić information content (AvgIpc) is 3.51. The van der Waals surface area contributed by atoms with Crippen molar-refractivity contribution in [3.05, 3.63) is 195 Å². The summed E-state index contributed by atoms with van der Waals surface area (Å²) in [7, 11) is 0. The van der Waals surface area contributed by atoms with E-state index >= 15 is 0 Å². The summed E-state index contributed by atoms with van der Waals surface area (Å²) in [5, 5.41) is 2.80. The summed E-state index contributed by atoms with van der Waals surface area (Å²) in [6.45, 7) is 0. The predicted octanol–water partition coefficient (Wildman–Crippen LogP) is 12.5. The molecule has 1 heterocycles. The molecule has 3 heteroatoms. The van der Waals surface area contributed by atoms with E-state index in [0.29, 0.717) is 0 Å². The Balaban J connectivity index is 1.38. The third-order valence-corrected chi connectivity index (χ3v) is 10.8. The number of para-hydroxylation sites is 1. The quantitative estimate of drug-likeness (QED) is 0.196. The Hall–Kier alpha value is -4.82. The summed E-state index contributed by atoms with van der Waals surface area (Å²) in [5.41, 5.74) is 16.5. The van der Waals surface area contributed by atoms with Crippen LogP contribution in [0.3, 0.4) is 0 Å². The van der Waals surface area contributed by atoms with Crippen molar-refractivity contribution in [1.82, 2.24) is 4.98 Å². The summed E-state index contributed by atoms with van der Waals surface area (Å²) >= 11 is 13.7. The number of fused-ring (bicyclic) bond motifs is 5. The summed E-state index contributed by atoms with van der Waals surface area (Å²) < 4.78 is 0. The van der Waals surface area contributed by atoms with E-state index in [-0.39, 0.29) is 11.8 Å². The molecule has 1 N–H and O–H groups in total. The minimum absolute atomic E-state index is 0.0354. The van der Waals surface area contributed by atoms with Crippen LogP contribution in [0.1, 0.15) is 51.8 Å². The smallest absolute Gasteiger partial charge is 0.0539 e. The van der Waals surface area contributed by atoms with Crippen molar-refractivity contribution in [3.8, 4) is 22.3 Å². The van der Waals surface area contributed by atoms with Crippen molar-refractivity contribution >= 4 is 39.7 Å². The van der Waals surface area contributed by atoms with Gasteiger partial charge in [0.05, 0.1) is 5.52 Å². The van der Waals surface area contributed by atoms with Gasteiger partial charge in [0.25, 0.3) is 0 Å². The third-order valence-electron chi connectivity index (χ3n) is 10.2. The number of rotatable bonds is 4. The normalized spacial score (nSPS) is 16.9. The van der Waals surface area contributed by atoms with Gasteiger partial charge < -0.3 is 4.98 Å². The number of H-pyrrole nitrogens is 1. The first kappa shape index (κ1) is 28.4. The second-order valence-electron chi connectivity index (χ2n) is 12.6. The molecule has 47 heavy (non-hydrogen) atoms. The van der Waals surface area contributed by atoms with Crippen LogP contribution in [0.2, 0.25) is 10.0 Å². The third kappa shape index (κ3) is 4.53. The first-order chi connectivity index (χ1) is 23.2. The monoisotopic (exact) mass is 643 g/mol. The molecule has 2 atom stereocenters. The van der Waals surface area contributed by atoms with Gasteiger partial charge in [0.2, 0.25) is 0 Å². The summed E-state index contributed by atoms with van der Waals surface area (Å²) in [5.74, 6) is 0.154. The van der Waals surface area contributed by atoms with Crippen molar-refractivity contribution in [2.24, 2.45) is 0 Å².